The second-order valence-corrected chi connectivity index (χ2v) is 3.95. The lowest BCUT2D eigenvalue weighted by Crippen LogP contribution is -2.07. The third kappa shape index (κ3) is 2.71. The van der Waals surface area contributed by atoms with Crippen LogP contribution in [0.5, 0.6) is 0 Å². The Hall–Kier alpha value is -2.23. The highest BCUT2D eigenvalue weighted by Crippen LogP contribution is 2.20. The number of nitrogens with one attached hydrogen (secondary N) is 1. The molecule has 2 aromatic rings. The molecule has 18 heavy (non-hydrogen) atoms. The van der Waals surface area contributed by atoms with Crippen molar-refractivity contribution in [2.45, 2.75) is 13.0 Å². The van der Waals surface area contributed by atoms with E-state index in [4.69, 9.17) is 4.42 Å². The summed E-state index contributed by atoms with van der Waals surface area (Å²) in [4.78, 5) is 11.4. The fraction of sp³-hybridized carbons (Fsp3) is 0.214. The number of carbonyl (C=O) groups is 1. The van der Waals surface area contributed by atoms with Gasteiger partial charge in [-0.05, 0) is 37.3 Å². The topological polar surface area (TPSA) is 51.5 Å². The van der Waals surface area contributed by atoms with Gasteiger partial charge in [0.1, 0.15) is 5.76 Å². The van der Waals surface area contributed by atoms with Gasteiger partial charge in [0, 0.05) is 5.69 Å². The van der Waals surface area contributed by atoms with E-state index in [1.165, 1.54) is 7.11 Å². The van der Waals surface area contributed by atoms with Crippen molar-refractivity contribution < 1.29 is 13.9 Å². The van der Waals surface area contributed by atoms with Crippen LogP contribution in [-0.4, -0.2) is 13.1 Å². The lowest BCUT2D eigenvalue weighted by molar-refractivity contribution is 0.0601. The van der Waals surface area contributed by atoms with Crippen molar-refractivity contribution in [1.29, 1.82) is 0 Å². The Bertz CT molecular complexity index is 520. The minimum Gasteiger partial charge on any atom is -0.467 e. The van der Waals surface area contributed by atoms with E-state index in [0.717, 1.165) is 11.4 Å². The van der Waals surface area contributed by atoms with Crippen molar-refractivity contribution in [3.63, 3.8) is 0 Å². The highest BCUT2D eigenvalue weighted by Gasteiger charge is 2.10. The number of methoxy groups -OCH3 is 1. The highest BCUT2D eigenvalue weighted by molar-refractivity contribution is 5.90. The zero-order valence-corrected chi connectivity index (χ0v) is 10.3. The number of hydrogen-bond donors (Lipinski definition) is 1. The van der Waals surface area contributed by atoms with Crippen LogP contribution in [0.3, 0.4) is 0 Å². The molecule has 0 aliphatic carbocycles. The normalized spacial score (nSPS) is 11.9. The van der Waals surface area contributed by atoms with E-state index in [1.807, 2.05) is 31.2 Å². The summed E-state index contributed by atoms with van der Waals surface area (Å²) in [5.41, 5.74) is 1.37. The largest absolute Gasteiger partial charge is 0.467 e. The Morgan fingerprint density at radius 1 is 1.33 bits per heavy atom. The van der Waals surface area contributed by atoms with Crippen LogP contribution < -0.4 is 5.32 Å². The highest BCUT2D eigenvalue weighted by atomic mass is 16.5. The summed E-state index contributed by atoms with van der Waals surface area (Å²) in [5.74, 6) is 0.503. The molecule has 0 fully saturated rings. The molecule has 1 aromatic carbocycles. The monoisotopic (exact) mass is 245 g/mol. The Labute approximate surface area is 106 Å². The Balaban J connectivity index is 2.12. The molecule has 0 saturated carbocycles. The van der Waals surface area contributed by atoms with Crippen molar-refractivity contribution in [1.82, 2.24) is 0 Å². The van der Waals surface area contributed by atoms with E-state index in [2.05, 4.69) is 10.1 Å². The number of anilines is 1. The van der Waals surface area contributed by atoms with Crippen molar-refractivity contribution in [3.05, 3.63) is 54.0 Å². The molecular weight excluding hydrogens is 230 g/mol. The van der Waals surface area contributed by atoms with E-state index in [9.17, 15) is 4.79 Å². The van der Waals surface area contributed by atoms with E-state index >= 15 is 0 Å². The number of carbonyl (C=O) groups excluding carboxylic acids is 1. The molecule has 0 aliphatic heterocycles. The molecule has 0 aliphatic rings. The fourth-order valence-electron chi connectivity index (χ4n) is 1.71. The first kappa shape index (κ1) is 12.2. The fourth-order valence-corrected chi connectivity index (χ4v) is 1.71. The molecule has 1 heterocycles. The number of esters is 1. The van der Waals surface area contributed by atoms with Gasteiger partial charge < -0.3 is 14.5 Å². The van der Waals surface area contributed by atoms with Crippen molar-refractivity contribution in [2.24, 2.45) is 0 Å². The summed E-state index contributed by atoms with van der Waals surface area (Å²) in [6, 6.07) is 11.0. The second kappa shape index (κ2) is 5.40. The minimum atomic E-state index is -0.343. The number of benzene rings is 1. The maximum absolute atomic E-state index is 11.4. The van der Waals surface area contributed by atoms with E-state index < -0.39 is 0 Å². The summed E-state index contributed by atoms with van der Waals surface area (Å²) in [7, 11) is 1.37. The van der Waals surface area contributed by atoms with Crippen LogP contribution in [0.1, 0.15) is 29.1 Å². The quantitative estimate of drug-likeness (QED) is 0.840. The van der Waals surface area contributed by atoms with Gasteiger partial charge in [0.15, 0.2) is 0 Å². The second-order valence-electron chi connectivity index (χ2n) is 3.95. The van der Waals surface area contributed by atoms with Gasteiger partial charge in [0.2, 0.25) is 0 Å². The van der Waals surface area contributed by atoms with E-state index in [-0.39, 0.29) is 12.0 Å². The molecule has 0 bridgehead atoms. The van der Waals surface area contributed by atoms with Gasteiger partial charge in [0.05, 0.1) is 25.0 Å². The molecule has 4 heteroatoms. The van der Waals surface area contributed by atoms with Crippen LogP contribution >= 0.6 is 0 Å². The van der Waals surface area contributed by atoms with Gasteiger partial charge in [-0.1, -0.05) is 6.07 Å². The number of hydrogen-bond acceptors (Lipinski definition) is 4. The molecule has 1 aromatic heterocycles. The first-order valence-corrected chi connectivity index (χ1v) is 5.69. The average Bonchev–Trinajstić information content (AvgIpc) is 2.92. The number of rotatable bonds is 4. The Morgan fingerprint density at radius 3 is 2.83 bits per heavy atom. The predicted octanol–water partition coefficient (Wildman–Crippen LogP) is 3.24. The number of furan rings is 1. The van der Waals surface area contributed by atoms with Crippen molar-refractivity contribution in [3.8, 4) is 0 Å². The third-order valence-electron chi connectivity index (χ3n) is 2.64. The minimum absolute atomic E-state index is 0.0351. The van der Waals surface area contributed by atoms with Crippen molar-refractivity contribution >= 4 is 11.7 Å². The molecule has 0 amide bonds. The van der Waals surface area contributed by atoms with E-state index in [1.54, 1.807) is 18.4 Å². The summed E-state index contributed by atoms with van der Waals surface area (Å²) in [6.07, 6.45) is 1.64. The lowest BCUT2D eigenvalue weighted by atomic mass is 10.2. The zero-order chi connectivity index (χ0) is 13.0. The Morgan fingerprint density at radius 2 is 2.17 bits per heavy atom. The van der Waals surface area contributed by atoms with Gasteiger partial charge in [0.25, 0.3) is 0 Å². The molecule has 94 valence electrons. The third-order valence-corrected chi connectivity index (χ3v) is 2.64. The maximum Gasteiger partial charge on any atom is 0.337 e. The maximum atomic E-state index is 11.4. The summed E-state index contributed by atoms with van der Waals surface area (Å²) >= 11 is 0. The van der Waals surface area contributed by atoms with Gasteiger partial charge in [-0.25, -0.2) is 4.79 Å². The van der Waals surface area contributed by atoms with Crippen LogP contribution in [0.15, 0.2) is 47.1 Å². The van der Waals surface area contributed by atoms with Gasteiger partial charge in [-0.2, -0.15) is 0 Å². The molecular formula is C14H15NO3. The summed E-state index contributed by atoms with van der Waals surface area (Å²) < 4.78 is 10.00. The molecule has 0 radical (unpaired) electrons. The molecule has 1 unspecified atom stereocenters. The van der Waals surface area contributed by atoms with Gasteiger partial charge in [-0.3, -0.25) is 0 Å². The lowest BCUT2D eigenvalue weighted by Gasteiger charge is -2.13. The SMILES string of the molecule is COC(=O)c1cccc(NC(C)c2ccco2)c1. The van der Waals surface area contributed by atoms with Gasteiger partial charge in [-0.15, -0.1) is 0 Å². The molecule has 0 spiro atoms. The van der Waals surface area contributed by atoms with E-state index in [0.29, 0.717) is 5.56 Å². The van der Waals surface area contributed by atoms with Crippen LogP contribution in [0.2, 0.25) is 0 Å². The predicted molar refractivity (Wildman–Crippen MR) is 68.5 cm³/mol. The first-order valence-electron chi connectivity index (χ1n) is 5.69. The Kier molecular flexibility index (Phi) is 3.67. The first-order chi connectivity index (χ1) is 8.70. The summed E-state index contributed by atoms with van der Waals surface area (Å²) in [5, 5.41) is 3.26. The molecule has 4 nitrogen and oxygen atoms in total. The van der Waals surface area contributed by atoms with Crippen LogP contribution in [0.4, 0.5) is 5.69 Å². The molecule has 1 N–H and O–H groups in total. The smallest absolute Gasteiger partial charge is 0.337 e. The van der Waals surface area contributed by atoms with Gasteiger partial charge >= 0.3 is 5.97 Å². The zero-order valence-electron chi connectivity index (χ0n) is 10.3. The van der Waals surface area contributed by atoms with Crippen LogP contribution in [0, 0.1) is 0 Å². The van der Waals surface area contributed by atoms with Crippen LogP contribution in [0.25, 0.3) is 0 Å². The molecule has 0 saturated heterocycles. The standard InChI is InChI=1S/C14H15NO3/c1-10(13-7-4-8-18-13)15-12-6-3-5-11(9-12)14(16)17-2/h3-10,15H,1-2H3. The molecule has 2 rings (SSSR count). The van der Waals surface area contributed by atoms with Crippen molar-refractivity contribution in [2.75, 3.05) is 12.4 Å². The van der Waals surface area contributed by atoms with Crippen LogP contribution in [-0.2, 0) is 4.74 Å². The summed E-state index contributed by atoms with van der Waals surface area (Å²) in [6.45, 7) is 1.99. The molecule has 1 atom stereocenters. The number of ether oxygens (including phenoxy) is 1. The average molecular weight is 245 g/mol.